The van der Waals surface area contributed by atoms with Gasteiger partial charge in [0.25, 0.3) is 0 Å². The normalized spacial score (nSPS) is 15.6. The minimum atomic E-state index is -0.0566. The fraction of sp³-hybridized carbons (Fsp3) is 0.652. The highest BCUT2D eigenvalue weighted by molar-refractivity contribution is 5.80. The van der Waals surface area contributed by atoms with Gasteiger partial charge in [-0.1, -0.05) is 38.1 Å². The van der Waals surface area contributed by atoms with Gasteiger partial charge in [-0.05, 0) is 50.9 Å². The Morgan fingerprint density at radius 2 is 1.72 bits per heavy atom. The molecule has 0 atom stereocenters. The lowest BCUT2D eigenvalue weighted by Gasteiger charge is -2.33. The van der Waals surface area contributed by atoms with Gasteiger partial charge >= 0.3 is 5.97 Å². The quantitative estimate of drug-likeness (QED) is 0.390. The molecule has 1 aliphatic rings. The first kappa shape index (κ1) is 23.2. The van der Waals surface area contributed by atoms with E-state index in [9.17, 15) is 4.79 Å². The molecule has 0 amide bonds. The summed E-state index contributed by atoms with van der Waals surface area (Å²) in [4.78, 5) is 21.5. The predicted molar refractivity (Wildman–Crippen MR) is 119 cm³/mol. The molecule has 1 aromatic carbocycles. The number of benzene rings is 1. The lowest BCUT2D eigenvalue weighted by Crippen LogP contribution is -2.46. The third-order valence-corrected chi connectivity index (χ3v) is 5.48. The largest absolute Gasteiger partial charge is 0.466 e. The van der Waals surface area contributed by atoms with Crippen molar-refractivity contribution in [2.45, 2.75) is 53.6 Å². The summed E-state index contributed by atoms with van der Waals surface area (Å²) >= 11 is 0. The number of nitrogens with zero attached hydrogens (tertiary/aromatic N) is 3. The van der Waals surface area contributed by atoms with E-state index in [1.54, 1.807) is 0 Å². The number of piperidine rings is 1. The Morgan fingerprint density at radius 3 is 2.28 bits per heavy atom. The van der Waals surface area contributed by atoms with Gasteiger partial charge in [0.2, 0.25) is 0 Å². The van der Waals surface area contributed by atoms with Crippen LogP contribution in [-0.4, -0.2) is 61.1 Å². The number of likely N-dealkylation sites (tertiary alicyclic amines) is 1. The van der Waals surface area contributed by atoms with Crippen LogP contribution in [-0.2, 0) is 22.6 Å². The molecule has 6 nitrogen and oxygen atoms in total. The lowest BCUT2D eigenvalue weighted by atomic mass is 9.97. The average molecular weight is 403 g/mol. The molecule has 1 aromatic rings. The van der Waals surface area contributed by atoms with Crippen molar-refractivity contribution in [2.24, 2.45) is 10.9 Å². The second-order valence-corrected chi connectivity index (χ2v) is 7.46. The van der Waals surface area contributed by atoms with Crippen LogP contribution >= 0.6 is 0 Å². The number of esters is 1. The fourth-order valence-electron chi connectivity index (χ4n) is 3.63. The van der Waals surface area contributed by atoms with Crippen LogP contribution in [0, 0.1) is 5.92 Å². The van der Waals surface area contributed by atoms with E-state index in [0.717, 1.165) is 58.1 Å². The molecule has 6 heteroatoms. The number of nitrogens with one attached hydrogen (secondary N) is 1. The molecule has 0 aliphatic carbocycles. The first-order valence-electron chi connectivity index (χ1n) is 11.1. The van der Waals surface area contributed by atoms with E-state index >= 15 is 0 Å². The molecule has 2 rings (SSSR count). The monoisotopic (exact) mass is 402 g/mol. The van der Waals surface area contributed by atoms with E-state index in [2.05, 4.69) is 60.2 Å². The van der Waals surface area contributed by atoms with E-state index < -0.39 is 0 Å². The smallest absolute Gasteiger partial charge is 0.309 e. The minimum absolute atomic E-state index is 0.0208. The summed E-state index contributed by atoms with van der Waals surface area (Å²) in [5, 5.41) is 3.40. The minimum Gasteiger partial charge on any atom is -0.466 e. The highest BCUT2D eigenvalue weighted by Gasteiger charge is 2.27. The average Bonchev–Trinajstić information content (AvgIpc) is 2.76. The topological polar surface area (TPSA) is 57.2 Å². The number of carbonyl (C=O) groups excluding carboxylic acids is 1. The number of ether oxygens (including phenoxy) is 1. The zero-order chi connectivity index (χ0) is 21.1. The van der Waals surface area contributed by atoms with E-state index in [1.807, 2.05) is 6.92 Å². The van der Waals surface area contributed by atoms with Gasteiger partial charge in [0.15, 0.2) is 5.96 Å². The third kappa shape index (κ3) is 7.35. The van der Waals surface area contributed by atoms with Crippen LogP contribution in [0.25, 0.3) is 0 Å². The van der Waals surface area contributed by atoms with Crippen LogP contribution in [0.1, 0.15) is 51.7 Å². The lowest BCUT2D eigenvalue weighted by molar-refractivity contribution is -0.149. The molecule has 29 heavy (non-hydrogen) atoms. The SMILES string of the molecule is CCNC(=NCc1ccc(CN(CC)CC)cc1)N1CCC(C(=O)OCC)CC1. The molecule has 1 N–H and O–H groups in total. The van der Waals surface area contributed by atoms with Gasteiger partial charge in [-0.2, -0.15) is 0 Å². The van der Waals surface area contributed by atoms with Crippen LogP contribution < -0.4 is 5.32 Å². The second kappa shape index (κ2) is 12.5. The molecular weight excluding hydrogens is 364 g/mol. The number of hydrogen-bond acceptors (Lipinski definition) is 4. The molecule has 1 saturated heterocycles. The Kier molecular flexibility index (Phi) is 9.98. The van der Waals surface area contributed by atoms with Gasteiger partial charge in [0.05, 0.1) is 19.1 Å². The molecule has 0 bridgehead atoms. The molecule has 1 heterocycles. The maximum Gasteiger partial charge on any atom is 0.309 e. The van der Waals surface area contributed by atoms with E-state index in [1.165, 1.54) is 11.1 Å². The van der Waals surface area contributed by atoms with Crippen molar-refractivity contribution >= 4 is 11.9 Å². The second-order valence-electron chi connectivity index (χ2n) is 7.46. The van der Waals surface area contributed by atoms with Gasteiger partial charge in [-0.25, -0.2) is 4.99 Å². The van der Waals surface area contributed by atoms with Gasteiger partial charge in [-0.3, -0.25) is 9.69 Å². The van der Waals surface area contributed by atoms with Crippen molar-refractivity contribution in [3.8, 4) is 0 Å². The molecule has 0 unspecified atom stereocenters. The van der Waals surface area contributed by atoms with Crippen molar-refractivity contribution in [3.63, 3.8) is 0 Å². The van der Waals surface area contributed by atoms with E-state index in [4.69, 9.17) is 9.73 Å². The summed E-state index contributed by atoms with van der Waals surface area (Å²) in [5.74, 6) is 0.897. The number of rotatable bonds is 9. The van der Waals surface area contributed by atoms with Crippen molar-refractivity contribution in [1.29, 1.82) is 0 Å². The standard InChI is InChI=1S/C23H38N4O2/c1-5-24-23(27-15-13-21(14-16-27)22(28)29-8-4)25-17-19-9-11-20(12-10-19)18-26(6-2)7-3/h9-12,21H,5-8,13-18H2,1-4H3,(H,24,25). The van der Waals surface area contributed by atoms with Gasteiger partial charge in [0.1, 0.15) is 0 Å². The van der Waals surface area contributed by atoms with Crippen LogP contribution in [0.5, 0.6) is 0 Å². The van der Waals surface area contributed by atoms with Crippen molar-refractivity contribution < 1.29 is 9.53 Å². The predicted octanol–water partition coefficient (Wildman–Crippen LogP) is 3.27. The Hall–Kier alpha value is -2.08. The van der Waals surface area contributed by atoms with Gasteiger partial charge in [0, 0.05) is 26.2 Å². The molecule has 0 radical (unpaired) electrons. The van der Waals surface area contributed by atoms with Crippen LogP contribution in [0.2, 0.25) is 0 Å². The Bertz CT molecular complexity index is 633. The summed E-state index contributed by atoms with van der Waals surface area (Å²) in [6.45, 7) is 15.1. The molecule has 1 aliphatic heterocycles. The zero-order valence-corrected chi connectivity index (χ0v) is 18.6. The number of carbonyl (C=O) groups is 1. The van der Waals surface area contributed by atoms with Crippen LogP contribution in [0.3, 0.4) is 0 Å². The van der Waals surface area contributed by atoms with Crippen molar-refractivity contribution in [3.05, 3.63) is 35.4 Å². The van der Waals surface area contributed by atoms with Gasteiger partial charge < -0.3 is 15.0 Å². The van der Waals surface area contributed by atoms with Crippen LogP contribution in [0.15, 0.2) is 29.3 Å². The summed E-state index contributed by atoms with van der Waals surface area (Å²) in [6.07, 6.45) is 1.65. The maximum absolute atomic E-state index is 12.0. The Balaban J connectivity index is 1.93. The Labute approximate surface area is 176 Å². The number of aliphatic imine (C=N–C) groups is 1. The maximum atomic E-state index is 12.0. The highest BCUT2D eigenvalue weighted by Crippen LogP contribution is 2.19. The summed E-state index contributed by atoms with van der Waals surface area (Å²) in [7, 11) is 0. The van der Waals surface area contributed by atoms with Crippen molar-refractivity contribution in [2.75, 3.05) is 39.3 Å². The molecule has 1 fully saturated rings. The first-order valence-corrected chi connectivity index (χ1v) is 11.1. The summed E-state index contributed by atoms with van der Waals surface area (Å²) in [6, 6.07) is 8.78. The van der Waals surface area contributed by atoms with Crippen molar-refractivity contribution in [1.82, 2.24) is 15.1 Å². The zero-order valence-electron chi connectivity index (χ0n) is 18.6. The molecule has 162 valence electrons. The first-order chi connectivity index (χ1) is 14.1. The fourth-order valence-corrected chi connectivity index (χ4v) is 3.63. The number of guanidine groups is 1. The molecule has 0 aromatic heterocycles. The highest BCUT2D eigenvalue weighted by atomic mass is 16.5. The van der Waals surface area contributed by atoms with Crippen LogP contribution in [0.4, 0.5) is 0 Å². The van der Waals surface area contributed by atoms with E-state index in [0.29, 0.717) is 13.2 Å². The Morgan fingerprint density at radius 1 is 1.10 bits per heavy atom. The molecule has 0 spiro atoms. The number of hydrogen-bond donors (Lipinski definition) is 1. The summed E-state index contributed by atoms with van der Waals surface area (Å²) in [5.41, 5.74) is 2.56. The molecule has 0 saturated carbocycles. The molecular formula is C23H38N4O2. The van der Waals surface area contributed by atoms with E-state index in [-0.39, 0.29) is 11.9 Å². The third-order valence-electron chi connectivity index (χ3n) is 5.48. The van der Waals surface area contributed by atoms with Gasteiger partial charge in [-0.15, -0.1) is 0 Å². The summed E-state index contributed by atoms with van der Waals surface area (Å²) < 4.78 is 5.17.